The van der Waals surface area contributed by atoms with Crippen molar-refractivity contribution in [3.05, 3.63) is 17.3 Å². The number of ether oxygens (including phenoxy) is 2. The van der Waals surface area contributed by atoms with Crippen molar-refractivity contribution in [2.24, 2.45) is 0 Å². The Balaban J connectivity index is 2.05. The van der Waals surface area contributed by atoms with Crippen molar-refractivity contribution in [3.63, 3.8) is 0 Å². The monoisotopic (exact) mass is 266 g/mol. The molecule has 1 saturated heterocycles. The van der Waals surface area contributed by atoms with Gasteiger partial charge >= 0.3 is 0 Å². The maximum absolute atomic E-state index is 5.87. The standard InChI is InChI=1S/C11H11ClN4O2/c12-8-2-1-7-9(15-8)10(16-11(13)14-7)18-6-3-4-17-5-6/h1-2,6H,3-5H2,(H2,13,14,16). The molecule has 0 bridgehead atoms. The van der Waals surface area contributed by atoms with E-state index in [1.807, 2.05) is 0 Å². The molecule has 0 amide bonds. The van der Waals surface area contributed by atoms with Gasteiger partial charge in [0.2, 0.25) is 11.8 Å². The maximum atomic E-state index is 5.87. The molecule has 0 radical (unpaired) electrons. The average molecular weight is 267 g/mol. The van der Waals surface area contributed by atoms with Crippen LogP contribution in [0.25, 0.3) is 11.0 Å². The van der Waals surface area contributed by atoms with E-state index in [0.29, 0.717) is 35.3 Å². The van der Waals surface area contributed by atoms with E-state index in [-0.39, 0.29) is 12.1 Å². The highest BCUT2D eigenvalue weighted by Crippen LogP contribution is 2.25. The van der Waals surface area contributed by atoms with Gasteiger partial charge in [0.05, 0.1) is 18.7 Å². The van der Waals surface area contributed by atoms with Gasteiger partial charge in [-0.3, -0.25) is 0 Å². The number of nitrogen functional groups attached to an aromatic ring is 1. The second kappa shape index (κ2) is 4.55. The van der Waals surface area contributed by atoms with Crippen LogP contribution >= 0.6 is 11.6 Å². The lowest BCUT2D eigenvalue weighted by atomic mass is 10.3. The van der Waals surface area contributed by atoms with E-state index < -0.39 is 0 Å². The van der Waals surface area contributed by atoms with Crippen molar-refractivity contribution >= 4 is 28.6 Å². The normalized spacial score (nSPS) is 19.3. The van der Waals surface area contributed by atoms with E-state index in [4.69, 9.17) is 26.8 Å². The maximum Gasteiger partial charge on any atom is 0.245 e. The number of halogens is 1. The first-order chi connectivity index (χ1) is 8.72. The van der Waals surface area contributed by atoms with E-state index in [1.165, 1.54) is 0 Å². The summed E-state index contributed by atoms with van der Waals surface area (Å²) in [6.07, 6.45) is 0.801. The van der Waals surface area contributed by atoms with E-state index in [0.717, 1.165) is 6.42 Å². The molecule has 3 heterocycles. The Hall–Kier alpha value is -1.66. The van der Waals surface area contributed by atoms with Gasteiger partial charge in [0, 0.05) is 6.42 Å². The zero-order chi connectivity index (χ0) is 12.5. The van der Waals surface area contributed by atoms with Crippen LogP contribution in [-0.2, 0) is 4.74 Å². The van der Waals surface area contributed by atoms with Crippen LogP contribution in [-0.4, -0.2) is 34.3 Å². The largest absolute Gasteiger partial charge is 0.470 e. The molecule has 3 rings (SSSR count). The van der Waals surface area contributed by atoms with Crippen molar-refractivity contribution in [2.75, 3.05) is 18.9 Å². The van der Waals surface area contributed by atoms with Crippen molar-refractivity contribution in [2.45, 2.75) is 12.5 Å². The number of anilines is 1. The first kappa shape index (κ1) is 11.4. The first-order valence-corrected chi connectivity index (χ1v) is 5.94. The fourth-order valence-corrected chi connectivity index (χ4v) is 1.97. The number of fused-ring (bicyclic) bond motifs is 1. The first-order valence-electron chi connectivity index (χ1n) is 5.56. The molecule has 1 fully saturated rings. The summed E-state index contributed by atoms with van der Waals surface area (Å²) in [7, 11) is 0. The Bertz CT molecular complexity index is 587. The summed E-state index contributed by atoms with van der Waals surface area (Å²) in [5.41, 5.74) is 6.77. The highest BCUT2D eigenvalue weighted by Gasteiger charge is 2.20. The quantitative estimate of drug-likeness (QED) is 0.828. The molecule has 2 aromatic rings. The Morgan fingerprint density at radius 1 is 1.33 bits per heavy atom. The molecule has 0 aliphatic carbocycles. The van der Waals surface area contributed by atoms with Gasteiger partial charge in [0.25, 0.3) is 0 Å². The summed E-state index contributed by atoms with van der Waals surface area (Å²) in [5, 5.41) is 0.364. The lowest BCUT2D eigenvalue weighted by molar-refractivity contribution is 0.139. The van der Waals surface area contributed by atoms with Gasteiger partial charge in [0.15, 0.2) is 5.52 Å². The fourth-order valence-electron chi connectivity index (χ4n) is 1.83. The van der Waals surface area contributed by atoms with Crippen LogP contribution < -0.4 is 10.5 Å². The minimum Gasteiger partial charge on any atom is -0.470 e. The molecular formula is C11H11ClN4O2. The molecule has 0 spiro atoms. The number of nitrogens with two attached hydrogens (primary N) is 1. The third-order valence-corrected chi connectivity index (χ3v) is 2.87. The van der Waals surface area contributed by atoms with Crippen molar-refractivity contribution < 1.29 is 9.47 Å². The minimum absolute atomic E-state index is 0.0247. The number of rotatable bonds is 2. The summed E-state index contributed by atoms with van der Waals surface area (Å²) in [5.74, 6) is 0.510. The van der Waals surface area contributed by atoms with Crippen LogP contribution in [0.15, 0.2) is 12.1 Å². The van der Waals surface area contributed by atoms with Gasteiger partial charge in [-0.2, -0.15) is 4.98 Å². The average Bonchev–Trinajstić information content (AvgIpc) is 2.83. The van der Waals surface area contributed by atoms with Crippen molar-refractivity contribution in [1.82, 2.24) is 15.0 Å². The fraction of sp³-hybridized carbons (Fsp3) is 0.364. The zero-order valence-corrected chi connectivity index (χ0v) is 10.2. The third-order valence-electron chi connectivity index (χ3n) is 2.66. The van der Waals surface area contributed by atoms with Crippen LogP contribution in [0.3, 0.4) is 0 Å². The highest BCUT2D eigenvalue weighted by atomic mass is 35.5. The summed E-state index contributed by atoms with van der Waals surface area (Å²) < 4.78 is 11.0. The number of nitrogens with zero attached hydrogens (tertiary/aromatic N) is 3. The molecule has 2 aromatic heterocycles. The molecule has 0 saturated carbocycles. The van der Waals surface area contributed by atoms with E-state index >= 15 is 0 Å². The molecule has 94 valence electrons. The third kappa shape index (κ3) is 2.16. The van der Waals surface area contributed by atoms with E-state index in [9.17, 15) is 0 Å². The highest BCUT2D eigenvalue weighted by molar-refractivity contribution is 6.29. The topological polar surface area (TPSA) is 83.2 Å². The van der Waals surface area contributed by atoms with Crippen molar-refractivity contribution in [3.8, 4) is 5.88 Å². The molecule has 0 aromatic carbocycles. The van der Waals surface area contributed by atoms with Gasteiger partial charge in [-0.15, -0.1) is 0 Å². The lowest BCUT2D eigenvalue weighted by Crippen LogP contribution is -2.17. The van der Waals surface area contributed by atoms with Gasteiger partial charge in [-0.1, -0.05) is 11.6 Å². The second-order valence-corrected chi connectivity index (χ2v) is 4.38. The number of aromatic nitrogens is 3. The molecule has 7 heteroatoms. The number of pyridine rings is 1. The van der Waals surface area contributed by atoms with Crippen LogP contribution in [0, 0.1) is 0 Å². The van der Waals surface area contributed by atoms with Crippen LogP contribution in [0.4, 0.5) is 5.95 Å². The summed E-state index contributed by atoms with van der Waals surface area (Å²) in [6, 6.07) is 3.39. The predicted molar refractivity (Wildman–Crippen MR) is 66.6 cm³/mol. The molecule has 1 unspecified atom stereocenters. The molecule has 18 heavy (non-hydrogen) atoms. The smallest absolute Gasteiger partial charge is 0.245 e. The van der Waals surface area contributed by atoms with Crippen LogP contribution in [0.1, 0.15) is 6.42 Å². The van der Waals surface area contributed by atoms with Crippen molar-refractivity contribution in [1.29, 1.82) is 0 Å². The minimum atomic E-state index is -0.0247. The molecule has 6 nitrogen and oxygen atoms in total. The number of hydrogen-bond donors (Lipinski definition) is 1. The Kier molecular flexibility index (Phi) is 2.89. The van der Waals surface area contributed by atoms with Gasteiger partial charge in [-0.05, 0) is 12.1 Å². The van der Waals surface area contributed by atoms with Gasteiger partial charge in [-0.25, -0.2) is 9.97 Å². The van der Waals surface area contributed by atoms with Crippen LogP contribution in [0.5, 0.6) is 5.88 Å². The summed E-state index contributed by atoms with van der Waals surface area (Å²) in [4.78, 5) is 12.3. The SMILES string of the molecule is Nc1nc(OC2CCOC2)c2nc(Cl)ccc2n1. The molecular weight excluding hydrogens is 256 g/mol. The number of hydrogen-bond acceptors (Lipinski definition) is 6. The summed E-state index contributed by atoms with van der Waals surface area (Å²) in [6.45, 7) is 1.24. The van der Waals surface area contributed by atoms with E-state index in [1.54, 1.807) is 12.1 Å². The van der Waals surface area contributed by atoms with Gasteiger partial charge in [0.1, 0.15) is 11.3 Å². The Morgan fingerprint density at radius 2 is 2.22 bits per heavy atom. The summed E-state index contributed by atoms with van der Waals surface area (Å²) >= 11 is 5.87. The predicted octanol–water partition coefficient (Wildman–Crippen LogP) is 1.43. The molecule has 1 aliphatic rings. The van der Waals surface area contributed by atoms with E-state index in [2.05, 4.69) is 15.0 Å². The van der Waals surface area contributed by atoms with Gasteiger partial charge < -0.3 is 15.2 Å². The second-order valence-electron chi connectivity index (χ2n) is 3.99. The molecule has 1 atom stereocenters. The zero-order valence-electron chi connectivity index (χ0n) is 9.47. The molecule has 2 N–H and O–H groups in total. The Morgan fingerprint density at radius 3 is 3.00 bits per heavy atom. The lowest BCUT2D eigenvalue weighted by Gasteiger charge is -2.12. The van der Waals surface area contributed by atoms with Crippen LogP contribution in [0.2, 0.25) is 5.15 Å². The Labute approximate surface area is 108 Å². The molecule has 1 aliphatic heterocycles.